The molecule has 0 bridgehead atoms. The second-order valence-corrected chi connectivity index (χ2v) is 15.1. The first-order valence-electron chi connectivity index (χ1n) is 18.6. The van der Waals surface area contributed by atoms with E-state index in [0.717, 1.165) is 22.7 Å². The van der Waals surface area contributed by atoms with Crippen LogP contribution in [-0.4, -0.2) is 102 Å². The van der Waals surface area contributed by atoms with Gasteiger partial charge >= 0.3 is 6.18 Å². The summed E-state index contributed by atoms with van der Waals surface area (Å²) in [5, 5.41) is 17.5. The number of aromatic nitrogens is 7. The molecule has 20 heteroatoms. The van der Waals surface area contributed by atoms with Crippen LogP contribution in [0.1, 0.15) is 65.1 Å². The highest BCUT2D eigenvalue weighted by Gasteiger charge is 2.49. The Balaban J connectivity index is 1.19. The number of ether oxygens (including phenoxy) is 2. The largest absolute Gasteiger partial charge is 0.504 e. The van der Waals surface area contributed by atoms with Crippen molar-refractivity contribution in [2.24, 2.45) is 0 Å². The van der Waals surface area contributed by atoms with Gasteiger partial charge in [-0.2, -0.15) is 27.7 Å². The van der Waals surface area contributed by atoms with Gasteiger partial charge in [0.2, 0.25) is 17.6 Å². The van der Waals surface area contributed by atoms with Gasteiger partial charge in [0.25, 0.3) is 11.5 Å². The molecule has 2 saturated heterocycles. The Morgan fingerprint density at radius 2 is 1.83 bits per heavy atom. The zero-order valence-corrected chi connectivity index (χ0v) is 32.4. The number of pyridine rings is 1. The molecule has 2 fully saturated rings. The van der Waals surface area contributed by atoms with Crippen LogP contribution in [-0.2, 0) is 27.7 Å². The molecule has 8 rings (SSSR count). The molecule has 3 aliphatic rings. The number of methoxy groups -OCH3 is 1. The van der Waals surface area contributed by atoms with Crippen molar-refractivity contribution in [2.45, 2.75) is 57.2 Å². The first-order valence-corrected chi connectivity index (χ1v) is 19.0. The maximum atomic E-state index is 14.7. The van der Waals surface area contributed by atoms with Gasteiger partial charge in [0.05, 0.1) is 47.9 Å². The van der Waals surface area contributed by atoms with E-state index in [1.54, 1.807) is 28.5 Å². The fourth-order valence-corrected chi connectivity index (χ4v) is 8.58. The molecule has 2 aliphatic heterocycles. The number of halogens is 4. The van der Waals surface area contributed by atoms with Crippen LogP contribution in [0.2, 0.25) is 5.02 Å². The van der Waals surface area contributed by atoms with E-state index in [9.17, 15) is 32.7 Å². The molecule has 6 heterocycles. The predicted molar refractivity (Wildman–Crippen MR) is 203 cm³/mol. The first-order chi connectivity index (χ1) is 27.7. The number of amides is 2. The quantitative estimate of drug-likeness (QED) is 0.233. The Kier molecular flexibility index (Phi) is 9.99. The number of rotatable bonds is 7. The van der Waals surface area contributed by atoms with E-state index in [4.69, 9.17) is 31.0 Å². The van der Waals surface area contributed by atoms with E-state index in [0.29, 0.717) is 68.2 Å². The molecule has 4 aromatic heterocycles. The van der Waals surface area contributed by atoms with Crippen molar-refractivity contribution >= 4 is 40.7 Å². The fourth-order valence-electron chi connectivity index (χ4n) is 8.36. The number of nitrogens with zero attached hydrogens (tertiary/aromatic N) is 9. The summed E-state index contributed by atoms with van der Waals surface area (Å²) < 4.78 is 54.0. The van der Waals surface area contributed by atoms with Gasteiger partial charge in [-0.1, -0.05) is 18.5 Å². The summed E-state index contributed by atoms with van der Waals surface area (Å²) in [6.07, 6.45) is -2.12. The van der Waals surface area contributed by atoms with Gasteiger partial charge in [-0.3, -0.25) is 14.4 Å². The van der Waals surface area contributed by atoms with Crippen LogP contribution in [0.5, 0.6) is 11.6 Å². The Morgan fingerprint density at radius 3 is 2.52 bits per heavy atom. The molecule has 2 N–H and O–H groups in total. The fraction of sp³-hybridized carbons (Fsp3) is 0.421. The third-order valence-corrected chi connectivity index (χ3v) is 11.5. The maximum absolute atomic E-state index is 14.7. The summed E-state index contributed by atoms with van der Waals surface area (Å²) >= 11 is 6.20. The minimum atomic E-state index is -4.63. The van der Waals surface area contributed by atoms with Gasteiger partial charge in [-0.25, -0.2) is 9.97 Å². The summed E-state index contributed by atoms with van der Waals surface area (Å²) in [5.74, 6) is -0.615. The second-order valence-electron chi connectivity index (χ2n) is 14.7. The lowest BCUT2D eigenvalue weighted by Crippen LogP contribution is -2.46. The molecule has 0 radical (unpaired) electrons. The highest BCUT2D eigenvalue weighted by molar-refractivity contribution is 6.33. The zero-order valence-electron chi connectivity index (χ0n) is 31.6. The molecular formula is C38H38ClF3N10O6. The number of anilines is 2. The number of carbonyl (C=O) groups excluding carboxylic acids is 2. The van der Waals surface area contributed by atoms with Crippen molar-refractivity contribution in [3.63, 3.8) is 0 Å². The third kappa shape index (κ3) is 6.84. The molecule has 1 aromatic carbocycles. The van der Waals surface area contributed by atoms with Gasteiger partial charge in [-0.05, 0) is 62.4 Å². The van der Waals surface area contributed by atoms with Crippen LogP contribution in [0.3, 0.4) is 0 Å². The lowest BCUT2D eigenvalue weighted by atomic mass is 9.73. The Labute approximate surface area is 333 Å². The first kappa shape index (κ1) is 39.0. The van der Waals surface area contributed by atoms with Crippen molar-refractivity contribution < 1.29 is 37.3 Å². The van der Waals surface area contributed by atoms with Crippen LogP contribution in [0.15, 0.2) is 41.5 Å². The number of morpholine rings is 1. The molecule has 58 heavy (non-hydrogen) atoms. The van der Waals surface area contributed by atoms with Gasteiger partial charge in [-0.15, -0.1) is 5.10 Å². The highest BCUT2D eigenvalue weighted by Crippen LogP contribution is 2.50. The van der Waals surface area contributed by atoms with Crippen LogP contribution in [0.25, 0.3) is 17.2 Å². The minimum Gasteiger partial charge on any atom is -0.504 e. The standard InChI is InChI=1S/C38H38ClF3N10O6/c1-20-17-37(8-10-50(11-9-37)35(56)29-31(54)21(2)43-19-44-29)28-30(20)51(18-27(53)45-25-6-4-22(16-24(25)39)38(40,41)42)36-47-32(48-52(36)34(28)55)23-5-7-26(46-33(23)57-3)49-12-14-58-15-13-49/h4-7,16,19-20,54H,8-15,17-18H2,1-3H3,(H,45,53). The molecule has 16 nitrogen and oxygen atoms in total. The molecule has 1 atom stereocenters. The Morgan fingerprint density at radius 1 is 1.09 bits per heavy atom. The van der Waals surface area contributed by atoms with E-state index in [-0.39, 0.29) is 64.3 Å². The van der Waals surface area contributed by atoms with Gasteiger partial charge in [0.15, 0.2) is 17.3 Å². The number of fused-ring (bicyclic) bond motifs is 3. The van der Waals surface area contributed by atoms with E-state index in [1.807, 2.05) is 6.92 Å². The second kappa shape index (κ2) is 14.8. The number of likely N-dealkylation sites (tertiary alicyclic amines) is 1. The third-order valence-electron chi connectivity index (χ3n) is 11.2. The predicted octanol–water partition coefficient (Wildman–Crippen LogP) is 4.59. The summed E-state index contributed by atoms with van der Waals surface area (Å²) in [6.45, 7) is 6.00. The molecule has 1 aliphatic carbocycles. The molecule has 1 spiro atoms. The van der Waals surface area contributed by atoms with Gasteiger partial charge in [0, 0.05) is 42.9 Å². The van der Waals surface area contributed by atoms with Gasteiger partial charge < -0.3 is 34.3 Å². The zero-order chi connectivity index (χ0) is 41.1. The average molecular weight is 823 g/mol. The van der Waals surface area contributed by atoms with Gasteiger partial charge in [0.1, 0.15) is 18.7 Å². The van der Waals surface area contributed by atoms with E-state index in [2.05, 4.69) is 25.3 Å². The number of hydrogen-bond donors (Lipinski definition) is 2. The van der Waals surface area contributed by atoms with E-state index in [1.165, 1.54) is 13.4 Å². The molecule has 0 saturated carbocycles. The average Bonchev–Trinajstić information content (AvgIpc) is 3.78. The number of benzene rings is 1. The van der Waals surface area contributed by atoms with Crippen molar-refractivity contribution in [2.75, 3.05) is 56.7 Å². The Bertz CT molecular complexity index is 2510. The number of carbonyl (C=O) groups is 2. The van der Waals surface area contributed by atoms with Crippen molar-refractivity contribution in [1.82, 2.24) is 39.0 Å². The summed E-state index contributed by atoms with van der Waals surface area (Å²) in [6, 6.07) is 6.19. The van der Waals surface area contributed by atoms with Crippen LogP contribution >= 0.6 is 11.6 Å². The van der Waals surface area contributed by atoms with Crippen LogP contribution < -0.4 is 20.5 Å². The van der Waals surface area contributed by atoms with Crippen LogP contribution in [0, 0.1) is 6.92 Å². The number of hydrogen-bond acceptors (Lipinski definition) is 12. The smallest absolute Gasteiger partial charge is 0.416 e. The summed E-state index contributed by atoms with van der Waals surface area (Å²) in [7, 11) is 1.46. The summed E-state index contributed by atoms with van der Waals surface area (Å²) in [5.41, 5.74) is -0.599. The lowest BCUT2D eigenvalue weighted by Gasteiger charge is -2.39. The molecule has 304 valence electrons. The Hall–Kier alpha value is -5.82. The normalized spacial score (nSPS) is 17.8. The molecule has 1 unspecified atom stereocenters. The number of aryl methyl sites for hydroxylation is 1. The van der Waals surface area contributed by atoms with Crippen molar-refractivity contribution in [3.8, 4) is 23.0 Å². The monoisotopic (exact) mass is 822 g/mol. The maximum Gasteiger partial charge on any atom is 0.416 e. The van der Waals surface area contributed by atoms with Crippen molar-refractivity contribution in [3.05, 3.63) is 80.2 Å². The number of piperidine rings is 1. The number of aromatic hydroxyl groups is 1. The number of nitrogens with one attached hydrogen (secondary N) is 1. The highest BCUT2D eigenvalue weighted by atomic mass is 35.5. The molecular weight excluding hydrogens is 785 g/mol. The van der Waals surface area contributed by atoms with Crippen LogP contribution in [0.4, 0.5) is 24.7 Å². The lowest BCUT2D eigenvalue weighted by molar-refractivity contribution is -0.137. The number of alkyl halides is 3. The van der Waals surface area contributed by atoms with E-state index < -0.39 is 41.1 Å². The van der Waals surface area contributed by atoms with Crippen molar-refractivity contribution in [1.29, 1.82) is 0 Å². The molecule has 2 amide bonds. The SMILES string of the molecule is COc1nc(N2CCOCC2)ccc1-c1nc2n(CC(=O)Nc3ccc(C(F)(F)F)cc3Cl)c3c(c(=O)n2n1)C1(CCN(C(=O)c2ncnc(C)c2O)CC1)CC3C. The van der Waals surface area contributed by atoms with E-state index >= 15 is 0 Å². The summed E-state index contributed by atoms with van der Waals surface area (Å²) in [4.78, 5) is 63.1. The minimum absolute atomic E-state index is 0.0295. The molecule has 5 aromatic rings. The topological polar surface area (TPSA) is 182 Å².